The number of furan rings is 1. The standard InChI is InChI=1S/C17H20N2O4/c1-22-12-14-5-2-4-13(10-14)11-19-16(20)7-8-18-17(21)15-6-3-9-23-15/h2-6,9-10H,7-8,11-12H2,1H3,(H,18,21)(H,19,20). The van der Waals surface area contributed by atoms with Crippen LogP contribution >= 0.6 is 0 Å². The van der Waals surface area contributed by atoms with E-state index < -0.39 is 0 Å². The maximum atomic E-state index is 11.8. The monoisotopic (exact) mass is 316 g/mol. The number of methoxy groups -OCH3 is 1. The number of carbonyl (C=O) groups excluding carboxylic acids is 2. The molecule has 1 aromatic heterocycles. The van der Waals surface area contributed by atoms with Gasteiger partial charge in [-0.05, 0) is 23.3 Å². The summed E-state index contributed by atoms with van der Waals surface area (Å²) in [7, 11) is 1.64. The molecule has 122 valence electrons. The molecule has 6 heteroatoms. The van der Waals surface area contributed by atoms with Crippen LogP contribution in [0.3, 0.4) is 0 Å². The SMILES string of the molecule is COCc1cccc(CNC(=O)CCNC(=O)c2ccco2)c1. The smallest absolute Gasteiger partial charge is 0.286 e. The van der Waals surface area contributed by atoms with Gasteiger partial charge in [0.2, 0.25) is 5.91 Å². The van der Waals surface area contributed by atoms with E-state index in [0.29, 0.717) is 13.2 Å². The molecule has 0 bridgehead atoms. The molecule has 0 saturated carbocycles. The summed E-state index contributed by atoms with van der Waals surface area (Å²) in [4.78, 5) is 23.4. The first kappa shape index (κ1) is 16.8. The van der Waals surface area contributed by atoms with Gasteiger partial charge in [0.15, 0.2) is 5.76 Å². The number of hydrogen-bond donors (Lipinski definition) is 2. The van der Waals surface area contributed by atoms with Crippen molar-refractivity contribution in [3.63, 3.8) is 0 Å². The highest BCUT2D eigenvalue weighted by atomic mass is 16.5. The largest absolute Gasteiger partial charge is 0.459 e. The molecule has 0 atom stereocenters. The minimum atomic E-state index is -0.324. The van der Waals surface area contributed by atoms with Gasteiger partial charge in [0.1, 0.15) is 0 Å². The van der Waals surface area contributed by atoms with Crippen LogP contribution < -0.4 is 10.6 Å². The molecule has 2 aromatic rings. The van der Waals surface area contributed by atoms with E-state index in [4.69, 9.17) is 9.15 Å². The number of rotatable bonds is 8. The van der Waals surface area contributed by atoms with Crippen LogP contribution in [0.25, 0.3) is 0 Å². The van der Waals surface area contributed by atoms with E-state index in [1.165, 1.54) is 6.26 Å². The number of nitrogens with one attached hydrogen (secondary N) is 2. The molecule has 23 heavy (non-hydrogen) atoms. The van der Waals surface area contributed by atoms with Gasteiger partial charge in [0.05, 0.1) is 12.9 Å². The Kier molecular flexibility index (Phi) is 6.38. The summed E-state index contributed by atoms with van der Waals surface area (Å²) in [6.45, 7) is 1.25. The van der Waals surface area contributed by atoms with Crippen LogP contribution in [0.4, 0.5) is 0 Å². The van der Waals surface area contributed by atoms with Gasteiger partial charge in [-0.15, -0.1) is 0 Å². The molecule has 2 amide bonds. The summed E-state index contributed by atoms with van der Waals surface area (Å²) in [6, 6.07) is 11.0. The first-order valence-electron chi connectivity index (χ1n) is 7.34. The van der Waals surface area contributed by atoms with Crippen molar-refractivity contribution in [3.05, 3.63) is 59.5 Å². The Bertz CT molecular complexity index is 638. The second-order valence-electron chi connectivity index (χ2n) is 5.01. The van der Waals surface area contributed by atoms with Gasteiger partial charge in [-0.1, -0.05) is 24.3 Å². The summed E-state index contributed by atoms with van der Waals surface area (Å²) in [6.07, 6.45) is 1.64. The van der Waals surface area contributed by atoms with Crippen molar-refractivity contribution in [1.82, 2.24) is 10.6 Å². The maximum Gasteiger partial charge on any atom is 0.286 e. The maximum absolute atomic E-state index is 11.8. The zero-order valence-corrected chi connectivity index (χ0v) is 13.0. The van der Waals surface area contributed by atoms with Crippen molar-refractivity contribution in [1.29, 1.82) is 0 Å². The highest BCUT2D eigenvalue weighted by Crippen LogP contribution is 2.06. The molecule has 6 nitrogen and oxygen atoms in total. The topological polar surface area (TPSA) is 80.6 Å². The highest BCUT2D eigenvalue weighted by molar-refractivity contribution is 5.91. The molecule has 0 aliphatic heterocycles. The lowest BCUT2D eigenvalue weighted by atomic mass is 10.1. The molecule has 2 N–H and O–H groups in total. The average molecular weight is 316 g/mol. The van der Waals surface area contributed by atoms with Gasteiger partial charge < -0.3 is 19.8 Å². The molecule has 0 fully saturated rings. The van der Waals surface area contributed by atoms with E-state index in [1.54, 1.807) is 19.2 Å². The van der Waals surface area contributed by atoms with Crippen LogP contribution in [-0.2, 0) is 22.7 Å². The minimum Gasteiger partial charge on any atom is -0.459 e. The number of carbonyl (C=O) groups is 2. The molecule has 0 spiro atoms. The Hall–Kier alpha value is -2.60. The van der Waals surface area contributed by atoms with Crippen molar-refractivity contribution in [2.75, 3.05) is 13.7 Å². The van der Waals surface area contributed by atoms with Gasteiger partial charge in [-0.25, -0.2) is 0 Å². The van der Waals surface area contributed by atoms with Crippen LogP contribution in [0.5, 0.6) is 0 Å². The van der Waals surface area contributed by atoms with Crippen LogP contribution in [0, 0.1) is 0 Å². The van der Waals surface area contributed by atoms with E-state index in [-0.39, 0.29) is 30.5 Å². The molecule has 0 saturated heterocycles. The van der Waals surface area contributed by atoms with Crippen LogP contribution in [0.2, 0.25) is 0 Å². The second kappa shape index (κ2) is 8.75. The number of amides is 2. The van der Waals surface area contributed by atoms with E-state index in [0.717, 1.165) is 11.1 Å². The van der Waals surface area contributed by atoms with Gasteiger partial charge >= 0.3 is 0 Å². The summed E-state index contributed by atoms with van der Waals surface area (Å²) in [5, 5.41) is 5.45. The summed E-state index contributed by atoms with van der Waals surface area (Å²) in [5.74, 6) is -0.211. The molecule has 0 aliphatic rings. The molecule has 2 rings (SSSR count). The first-order chi connectivity index (χ1) is 11.2. The van der Waals surface area contributed by atoms with Crippen molar-refractivity contribution in [3.8, 4) is 0 Å². The lowest BCUT2D eigenvalue weighted by molar-refractivity contribution is -0.121. The number of benzene rings is 1. The molecule has 0 aliphatic carbocycles. The van der Waals surface area contributed by atoms with Crippen molar-refractivity contribution < 1.29 is 18.7 Å². The minimum absolute atomic E-state index is 0.123. The van der Waals surface area contributed by atoms with Crippen molar-refractivity contribution >= 4 is 11.8 Å². The first-order valence-corrected chi connectivity index (χ1v) is 7.34. The fourth-order valence-corrected chi connectivity index (χ4v) is 2.07. The third kappa shape index (κ3) is 5.60. The van der Waals surface area contributed by atoms with E-state index in [2.05, 4.69) is 10.6 Å². The fraction of sp³-hybridized carbons (Fsp3) is 0.294. The summed E-state index contributed by atoms with van der Waals surface area (Å²) >= 11 is 0. The zero-order valence-electron chi connectivity index (χ0n) is 13.0. The van der Waals surface area contributed by atoms with Crippen LogP contribution in [0.1, 0.15) is 28.1 Å². The molecule has 1 heterocycles. The Morgan fingerprint density at radius 1 is 1.13 bits per heavy atom. The van der Waals surface area contributed by atoms with E-state index >= 15 is 0 Å². The fourth-order valence-electron chi connectivity index (χ4n) is 2.07. The van der Waals surface area contributed by atoms with Gasteiger partial charge in [-0.3, -0.25) is 9.59 Å². The number of hydrogen-bond acceptors (Lipinski definition) is 4. The molecule has 1 aromatic carbocycles. The van der Waals surface area contributed by atoms with Gasteiger partial charge in [0, 0.05) is 26.6 Å². The predicted molar refractivity (Wildman–Crippen MR) is 84.7 cm³/mol. The van der Waals surface area contributed by atoms with Crippen LogP contribution in [-0.4, -0.2) is 25.5 Å². The van der Waals surface area contributed by atoms with Crippen molar-refractivity contribution in [2.45, 2.75) is 19.6 Å². The Balaban J connectivity index is 1.69. The summed E-state index contributed by atoms with van der Waals surface area (Å²) in [5.41, 5.74) is 2.07. The molecule has 0 unspecified atom stereocenters. The third-order valence-corrected chi connectivity index (χ3v) is 3.17. The zero-order chi connectivity index (χ0) is 16.5. The third-order valence-electron chi connectivity index (χ3n) is 3.17. The number of ether oxygens (including phenoxy) is 1. The quantitative estimate of drug-likeness (QED) is 0.779. The Morgan fingerprint density at radius 2 is 1.96 bits per heavy atom. The van der Waals surface area contributed by atoms with E-state index in [9.17, 15) is 9.59 Å². The highest BCUT2D eigenvalue weighted by Gasteiger charge is 2.08. The molecular weight excluding hydrogens is 296 g/mol. The molecular formula is C17H20N2O4. The van der Waals surface area contributed by atoms with Gasteiger partial charge in [-0.2, -0.15) is 0 Å². The average Bonchev–Trinajstić information content (AvgIpc) is 3.08. The van der Waals surface area contributed by atoms with Gasteiger partial charge in [0.25, 0.3) is 5.91 Å². The lowest BCUT2D eigenvalue weighted by Crippen LogP contribution is -2.30. The Morgan fingerprint density at radius 3 is 2.70 bits per heavy atom. The van der Waals surface area contributed by atoms with E-state index in [1.807, 2.05) is 24.3 Å². The predicted octanol–water partition coefficient (Wildman–Crippen LogP) is 1.86. The Labute approximate surface area is 134 Å². The second-order valence-corrected chi connectivity index (χ2v) is 5.01. The van der Waals surface area contributed by atoms with Crippen LogP contribution in [0.15, 0.2) is 47.1 Å². The lowest BCUT2D eigenvalue weighted by Gasteiger charge is -2.07. The molecule has 0 radical (unpaired) electrons. The summed E-state index contributed by atoms with van der Waals surface area (Å²) < 4.78 is 10.0. The van der Waals surface area contributed by atoms with Crippen molar-refractivity contribution in [2.24, 2.45) is 0 Å². The normalized spacial score (nSPS) is 10.3.